The standard InChI is InChI=1S/C59H39N3O/c1-36-28-29-52(46-25-12-20-37-14-6-8-22-44(37)46)60-59(47-26-13-21-38-15-7-9-23-45(38)47)61-58(36)51-34-43(35-56-57(51)48-24-10-11-27-55(48)63-56)62-53-32-41-18-4-2-16-39(41)30-49(53)50-31-40-17-3-5-19-42(40)33-54(50)62/h2-27,29-36H,28H2,1H3/b52-29+,60-59?,61-58?. The maximum Gasteiger partial charge on any atom is 0.160 e. The predicted molar refractivity (Wildman–Crippen MR) is 266 cm³/mol. The number of furan rings is 1. The van der Waals surface area contributed by atoms with Crippen LogP contribution in [-0.4, -0.2) is 16.1 Å². The highest BCUT2D eigenvalue weighted by Gasteiger charge is 2.26. The normalized spacial score (nSPS) is 15.6. The van der Waals surface area contributed by atoms with Crippen LogP contribution in [0.4, 0.5) is 0 Å². The Labute approximate surface area is 363 Å². The summed E-state index contributed by atoms with van der Waals surface area (Å²) in [5, 5.41) is 14.0. The SMILES string of the molecule is CC1C/C=C(\c2cccc3ccccc23)N=C(c2cccc3ccccc23)N=C1c1cc(-n2c3cc4ccccc4cc3c3cc4ccccc4cc32)cc2oc3ccccc3c12. The molecule has 0 fully saturated rings. The van der Waals surface area contributed by atoms with Crippen LogP contribution in [0.5, 0.6) is 0 Å². The lowest BCUT2D eigenvalue weighted by Gasteiger charge is -2.21. The van der Waals surface area contributed by atoms with Crippen molar-refractivity contribution < 1.29 is 4.42 Å². The van der Waals surface area contributed by atoms with Crippen molar-refractivity contribution in [1.82, 2.24) is 4.57 Å². The van der Waals surface area contributed by atoms with E-state index in [0.29, 0.717) is 5.84 Å². The summed E-state index contributed by atoms with van der Waals surface area (Å²) in [6.07, 6.45) is 3.07. The number of amidine groups is 1. The van der Waals surface area contributed by atoms with E-state index in [4.69, 9.17) is 14.4 Å². The van der Waals surface area contributed by atoms with E-state index in [-0.39, 0.29) is 5.92 Å². The second-order valence-electron chi connectivity index (χ2n) is 16.9. The summed E-state index contributed by atoms with van der Waals surface area (Å²) in [6.45, 7) is 2.31. The molecule has 63 heavy (non-hydrogen) atoms. The van der Waals surface area contributed by atoms with Crippen LogP contribution >= 0.6 is 0 Å². The zero-order chi connectivity index (χ0) is 41.6. The molecular formula is C59H39N3O. The molecule has 4 heteroatoms. The molecule has 0 saturated heterocycles. The van der Waals surface area contributed by atoms with Gasteiger partial charge in [-0.25, -0.2) is 9.98 Å². The molecular weight excluding hydrogens is 767 g/mol. The van der Waals surface area contributed by atoms with Crippen molar-refractivity contribution in [3.8, 4) is 5.69 Å². The lowest BCUT2D eigenvalue weighted by atomic mass is 9.90. The Morgan fingerprint density at radius 3 is 1.62 bits per heavy atom. The Morgan fingerprint density at radius 1 is 0.444 bits per heavy atom. The van der Waals surface area contributed by atoms with Gasteiger partial charge in [-0.2, -0.15) is 0 Å². The minimum atomic E-state index is 0.0219. The minimum absolute atomic E-state index is 0.0219. The van der Waals surface area contributed by atoms with Gasteiger partial charge in [-0.3, -0.25) is 0 Å². The number of benzene rings is 10. The number of allylic oxidation sites excluding steroid dienone is 1. The van der Waals surface area contributed by atoms with Crippen molar-refractivity contribution in [2.24, 2.45) is 15.9 Å². The molecule has 1 aliphatic rings. The molecule has 10 aromatic carbocycles. The number of hydrogen-bond acceptors (Lipinski definition) is 3. The van der Waals surface area contributed by atoms with E-state index in [9.17, 15) is 0 Å². The summed E-state index contributed by atoms with van der Waals surface area (Å²) < 4.78 is 9.29. The third-order valence-electron chi connectivity index (χ3n) is 13.2. The average Bonchev–Trinajstić information content (AvgIpc) is 3.85. The summed E-state index contributed by atoms with van der Waals surface area (Å²) in [5.74, 6) is 0.710. The molecule has 1 unspecified atom stereocenters. The quantitative estimate of drug-likeness (QED) is 0.175. The van der Waals surface area contributed by atoms with E-state index < -0.39 is 0 Å². The largest absolute Gasteiger partial charge is 0.456 e. The topological polar surface area (TPSA) is 42.8 Å². The maximum atomic E-state index is 6.85. The molecule has 0 spiro atoms. The number of nitrogens with zero attached hydrogens (tertiary/aromatic N) is 3. The van der Waals surface area contributed by atoms with E-state index >= 15 is 0 Å². The van der Waals surface area contributed by atoms with Gasteiger partial charge in [0, 0.05) is 50.2 Å². The van der Waals surface area contributed by atoms with E-state index in [1.807, 2.05) is 0 Å². The lowest BCUT2D eigenvalue weighted by Crippen LogP contribution is -2.18. The molecule has 0 bridgehead atoms. The van der Waals surface area contributed by atoms with Gasteiger partial charge in [0.25, 0.3) is 0 Å². The van der Waals surface area contributed by atoms with E-state index in [1.165, 1.54) is 43.1 Å². The van der Waals surface area contributed by atoms with Gasteiger partial charge in [0.2, 0.25) is 0 Å². The van der Waals surface area contributed by atoms with Crippen LogP contribution in [0.25, 0.3) is 98.2 Å². The molecule has 296 valence electrons. The molecule has 0 amide bonds. The van der Waals surface area contributed by atoms with Gasteiger partial charge in [-0.15, -0.1) is 0 Å². The molecule has 0 saturated carbocycles. The summed E-state index contributed by atoms with van der Waals surface area (Å²) >= 11 is 0. The second kappa shape index (κ2) is 14.0. The third kappa shape index (κ3) is 5.68. The molecule has 4 nitrogen and oxygen atoms in total. The summed E-state index contributed by atoms with van der Waals surface area (Å²) in [7, 11) is 0. The van der Waals surface area contributed by atoms with Crippen LogP contribution < -0.4 is 0 Å². The van der Waals surface area contributed by atoms with Gasteiger partial charge in [0.05, 0.1) is 28.1 Å². The molecule has 0 radical (unpaired) electrons. The zero-order valence-electron chi connectivity index (χ0n) is 34.6. The van der Waals surface area contributed by atoms with Gasteiger partial charge in [-0.05, 0) is 85.9 Å². The van der Waals surface area contributed by atoms with Crippen LogP contribution in [0.3, 0.4) is 0 Å². The first-order valence-electron chi connectivity index (χ1n) is 21.8. The molecule has 3 heterocycles. The molecule has 0 aliphatic carbocycles. The zero-order valence-corrected chi connectivity index (χ0v) is 34.6. The Hall–Kier alpha value is -8.08. The van der Waals surface area contributed by atoms with Crippen LogP contribution in [0, 0.1) is 5.92 Å². The Morgan fingerprint density at radius 2 is 0.968 bits per heavy atom. The van der Waals surface area contributed by atoms with E-state index in [1.54, 1.807) is 0 Å². The van der Waals surface area contributed by atoms with Crippen LogP contribution in [-0.2, 0) is 0 Å². The number of aliphatic imine (C=N–C) groups is 2. The number of hydrogen-bond donors (Lipinski definition) is 0. The monoisotopic (exact) mass is 805 g/mol. The van der Waals surface area contributed by atoms with Crippen LogP contribution in [0.1, 0.15) is 30.0 Å². The molecule has 2 aromatic heterocycles. The minimum Gasteiger partial charge on any atom is -0.456 e. The first-order chi connectivity index (χ1) is 31.1. The van der Waals surface area contributed by atoms with Crippen LogP contribution in [0.2, 0.25) is 0 Å². The first-order valence-corrected chi connectivity index (χ1v) is 21.8. The third-order valence-corrected chi connectivity index (χ3v) is 13.2. The van der Waals surface area contributed by atoms with Crippen molar-refractivity contribution in [1.29, 1.82) is 0 Å². The Bertz CT molecular complexity index is 3870. The number of para-hydroxylation sites is 1. The second-order valence-corrected chi connectivity index (χ2v) is 16.9. The van der Waals surface area contributed by atoms with Crippen molar-refractivity contribution in [3.05, 3.63) is 217 Å². The number of rotatable bonds is 4. The smallest absolute Gasteiger partial charge is 0.160 e. The fourth-order valence-corrected chi connectivity index (χ4v) is 10.1. The Kier molecular flexibility index (Phi) is 7.91. The van der Waals surface area contributed by atoms with E-state index in [2.05, 4.69) is 212 Å². The molecule has 0 N–H and O–H groups in total. The van der Waals surface area contributed by atoms with E-state index in [0.717, 1.165) is 84.0 Å². The van der Waals surface area contributed by atoms with Gasteiger partial charge < -0.3 is 8.98 Å². The molecule has 13 rings (SSSR count). The fraction of sp³-hybridized carbons (Fsp3) is 0.0508. The highest BCUT2D eigenvalue weighted by Crippen LogP contribution is 2.41. The molecule has 1 aliphatic heterocycles. The highest BCUT2D eigenvalue weighted by atomic mass is 16.3. The maximum absolute atomic E-state index is 6.85. The summed E-state index contributed by atoms with van der Waals surface area (Å²) in [4.78, 5) is 11.4. The molecule has 1 atom stereocenters. The fourth-order valence-electron chi connectivity index (χ4n) is 10.1. The van der Waals surface area contributed by atoms with Crippen LogP contribution in [0.15, 0.2) is 215 Å². The van der Waals surface area contributed by atoms with Crippen molar-refractivity contribution >= 4 is 104 Å². The van der Waals surface area contributed by atoms with Gasteiger partial charge in [0.15, 0.2) is 5.84 Å². The first kappa shape index (κ1) is 35.7. The van der Waals surface area contributed by atoms with Gasteiger partial charge in [-0.1, -0.05) is 165 Å². The summed E-state index contributed by atoms with van der Waals surface area (Å²) in [5.41, 5.74) is 10.1. The van der Waals surface area contributed by atoms with Crippen molar-refractivity contribution in [2.45, 2.75) is 13.3 Å². The summed E-state index contributed by atoms with van der Waals surface area (Å²) in [6, 6.07) is 69.8. The lowest BCUT2D eigenvalue weighted by molar-refractivity contribution is 0.668. The number of fused-ring (bicyclic) bond motifs is 10. The van der Waals surface area contributed by atoms with Gasteiger partial charge >= 0.3 is 0 Å². The Balaban J connectivity index is 1.12. The van der Waals surface area contributed by atoms with Crippen molar-refractivity contribution in [3.63, 3.8) is 0 Å². The van der Waals surface area contributed by atoms with Crippen molar-refractivity contribution in [2.75, 3.05) is 0 Å². The highest BCUT2D eigenvalue weighted by molar-refractivity contribution is 6.25. The average molecular weight is 806 g/mol. The molecule has 12 aromatic rings. The number of aromatic nitrogens is 1. The van der Waals surface area contributed by atoms with Gasteiger partial charge in [0.1, 0.15) is 11.2 Å². The predicted octanol–water partition coefficient (Wildman–Crippen LogP) is 15.6.